The van der Waals surface area contributed by atoms with E-state index in [1.54, 1.807) is 11.3 Å². The lowest BCUT2D eigenvalue weighted by molar-refractivity contribution is -0.910. The van der Waals surface area contributed by atoms with Crippen LogP contribution < -0.4 is 10.2 Å². The molecular weight excluding hydrogens is 360 g/mol. The average molecular weight is 384 g/mol. The molecule has 1 unspecified atom stereocenters. The van der Waals surface area contributed by atoms with Gasteiger partial charge in [0.25, 0.3) is 5.91 Å². The summed E-state index contributed by atoms with van der Waals surface area (Å²) in [5.41, 5.74) is 1.13. The molecule has 4 rings (SSSR count). The zero-order valence-electron chi connectivity index (χ0n) is 14.6. The van der Waals surface area contributed by atoms with Crippen LogP contribution in [0.25, 0.3) is 0 Å². The number of carbonyl (C=O) groups excluding carboxylic acids is 1. The first-order chi connectivity index (χ1) is 12.8. The second kappa shape index (κ2) is 8.16. The number of hydrogen-bond acceptors (Lipinski definition) is 3. The molecule has 1 aromatic carbocycles. The van der Waals surface area contributed by atoms with E-state index in [2.05, 4.69) is 46.4 Å². The van der Waals surface area contributed by atoms with Crippen LogP contribution in [0.15, 0.2) is 65.4 Å². The van der Waals surface area contributed by atoms with Gasteiger partial charge in [-0.2, -0.15) is 0 Å². The molecule has 3 aromatic rings. The van der Waals surface area contributed by atoms with Crippen LogP contribution in [0.5, 0.6) is 0 Å². The predicted molar refractivity (Wildman–Crippen MR) is 108 cm³/mol. The summed E-state index contributed by atoms with van der Waals surface area (Å²) in [4.78, 5) is 16.8. The molecule has 2 aromatic heterocycles. The summed E-state index contributed by atoms with van der Waals surface area (Å²) in [7, 11) is 0. The van der Waals surface area contributed by atoms with E-state index in [4.69, 9.17) is 0 Å². The molecule has 0 saturated carbocycles. The molecule has 3 heterocycles. The van der Waals surface area contributed by atoms with Crippen molar-refractivity contribution in [3.05, 3.63) is 80.7 Å². The lowest BCUT2D eigenvalue weighted by Crippen LogP contribution is -3.11. The van der Waals surface area contributed by atoms with Gasteiger partial charge in [0.1, 0.15) is 6.04 Å². The van der Waals surface area contributed by atoms with Crippen molar-refractivity contribution in [2.75, 3.05) is 13.1 Å². The van der Waals surface area contributed by atoms with E-state index in [-0.39, 0.29) is 11.9 Å². The van der Waals surface area contributed by atoms with Crippen molar-refractivity contribution >= 4 is 28.6 Å². The van der Waals surface area contributed by atoms with Crippen molar-refractivity contribution in [1.29, 1.82) is 0 Å². The van der Waals surface area contributed by atoms with Gasteiger partial charge in [-0.05, 0) is 28.5 Å². The van der Waals surface area contributed by atoms with Gasteiger partial charge in [-0.25, -0.2) is 0 Å². The monoisotopic (exact) mass is 383 g/mol. The molecule has 1 amide bonds. The van der Waals surface area contributed by atoms with Crippen LogP contribution in [0.3, 0.4) is 0 Å². The standard InChI is InChI=1S/C21H22N2OS2/c24-20(15-23-12-4-9-17(23)18-10-5-13-25-18)22-21(19-11-6-14-26-19)16-7-2-1-3-8-16/h1-3,5-8,10-11,13-14,17,21H,4,9,12,15H2,(H,22,24)/p+1/t17-,21-/m1/s1. The lowest BCUT2D eigenvalue weighted by Gasteiger charge is -2.23. The second-order valence-corrected chi connectivity index (χ2v) is 8.68. The van der Waals surface area contributed by atoms with Crippen LogP contribution in [-0.2, 0) is 4.79 Å². The molecule has 0 radical (unpaired) electrons. The molecule has 0 spiro atoms. The molecule has 26 heavy (non-hydrogen) atoms. The number of nitrogens with one attached hydrogen (secondary N) is 2. The van der Waals surface area contributed by atoms with Crippen molar-refractivity contribution in [3.63, 3.8) is 0 Å². The van der Waals surface area contributed by atoms with Crippen LogP contribution >= 0.6 is 22.7 Å². The molecule has 1 aliphatic rings. The Labute approximate surface area is 162 Å². The maximum atomic E-state index is 12.9. The smallest absolute Gasteiger partial charge is 0.275 e. The molecule has 5 heteroatoms. The highest BCUT2D eigenvalue weighted by Gasteiger charge is 2.32. The number of likely N-dealkylation sites (tertiary alicyclic amines) is 1. The first-order valence-electron chi connectivity index (χ1n) is 9.07. The SMILES string of the molecule is O=C(C[NH+]1CCC[C@@H]1c1cccs1)N[C@H](c1ccccc1)c1cccs1. The fourth-order valence-corrected chi connectivity index (χ4v) is 5.52. The summed E-state index contributed by atoms with van der Waals surface area (Å²) in [6.45, 7) is 1.61. The number of benzene rings is 1. The quantitative estimate of drug-likeness (QED) is 0.672. The average Bonchev–Trinajstić information content (AvgIpc) is 3.41. The van der Waals surface area contributed by atoms with E-state index >= 15 is 0 Å². The second-order valence-electron chi connectivity index (χ2n) is 6.72. The van der Waals surface area contributed by atoms with E-state index in [0.29, 0.717) is 12.6 Å². The van der Waals surface area contributed by atoms with Gasteiger partial charge in [-0.1, -0.05) is 42.5 Å². The molecule has 1 fully saturated rings. The Hall–Kier alpha value is -1.95. The van der Waals surface area contributed by atoms with E-state index in [1.807, 2.05) is 35.6 Å². The van der Waals surface area contributed by atoms with Crippen molar-refractivity contribution in [3.8, 4) is 0 Å². The lowest BCUT2D eigenvalue weighted by atomic mass is 10.1. The fraction of sp³-hybridized carbons (Fsp3) is 0.286. The predicted octanol–water partition coefficient (Wildman–Crippen LogP) is 3.44. The zero-order valence-corrected chi connectivity index (χ0v) is 16.2. The van der Waals surface area contributed by atoms with Crippen molar-refractivity contribution in [1.82, 2.24) is 5.32 Å². The van der Waals surface area contributed by atoms with Gasteiger partial charge in [0.2, 0.25) is 0 Å². The van der Waals surface area contributed by atoms with E-state index in [9.17, 15) is 4.79 Å². The molecular formula is C21H23N2OS2+. The van der Waals surface area contributed by atoms with E-state index in [1.165, 1.54) is 27.5 Å². The van der Waals surface area contributed by atoms with E-state index in [0.717, 1.165) is 12.1 Å². The van der Waals surface area contributed by atoms with Gasteiger partial charge in [0.05, 0.1) is 17.5 Å². The maximum absolute atomic E-state index is 12.9. The Morgan fingerprint density at radius 2 is 1.88 bits per heavy atom. The summed E-state index contributed by atoms with van der Waals surface area (Å²) < 4.78 is 0. The first-order valence-corrected chi connectivity index (χ1v) is 10.8. The molecule has 0 bridgehead atoms. The topological polar surface area (TPSA) is 33.5 Å². The molecule has 2 N–H and O–H groups in total. The number of hydrogen-bond donors (Lipinski definition) is 2. The molecule has 134 valence electrons. The number of quaternary nitrogens is 1. The Kier molecular flexibility index (Phi) is 5.48. The van der Waals surface area contributed by atoms with Crippen molar-refractivity contribution in [2.24, 2.45) is 0 Å². The fourth-order valence-electron chi connectivity index (χ4n) is 3.79. The van der Waals surface area contributed by atoms with Crippen LogP contribution in [0.1, 0.15) is 40.2 Å². The maximum Gasteiger partial charge on any atom is 0.275 e. The normalized spacial score (nSPS) is 20.8. The summed E-state index contributed by atoms with van der Waals surface area (Å²) in [5.74, 6) is 0.130. The Morgan fingerprint density at radius 3 is 2.62 bits per heavy atom. The third kappa shape index (κ3) is 3.90. The summed E-state index contributed by atoms with van der Waals surface area (Å²) in [5, 5.41) is 7.48. The minimum Gasteiger partial charge on any atom is -0.339 e. The summed E-state index contributed by atoms with van der Waals surface area (Å²) >= 11 is 3.50. The van der Waals surface area contributed by atoms with Crippen molar-refractivity contribution < 1.29 is 9.69 Å². The third-order valence-corrected chi connectivity index (χ3v) is 6.95. The molecule has 3 atom stereocenters. The highest BCUT2D eigenvalue weighted by Crippen LogP contribution is 2.26. The molecule has 1 saturated heterocycles. The Morgan fingerprint density at radius 1 is 1.08 bits per heavy atom. The van der Waals surface area contributed by atoms with Crippen LogP contribution in [0.4, 0.5) is 0 Å². The Bertz CT molecular complexity index is 815. The minimum absolute atomic E-state index is 0.0640. The summed E-state index contributed by atoms with van der Waals surface area (Å²) in [6, 6.07) is 19.1. The van der Waals surface area contributed by atoms with Gasteiger partial charge in [0, 0.05) is 17.7 Å². The zero-order chi connectivity index (χ0) is 17.8. The van der Waals surface area contributed by atoms with Gasteiger partial charge in [0.15, 0.2) is 6.54 Å². The highest BCUT2D eigenvalue weighted by molar-refractivity contribution is 7.10. The number of carbonyl (C=O) groups is 1. The highest BCUT2D eigenvalue weighted by atomic mass is 32.1. The van der Waals surface area contributed by atoms with Gasteiger partial charge in [-0.15, -0.1) is 22.7 Å². The van der Waals surface area contributed by atoms with Gasteiger partial charge >= 0.3 is 0 Å². The largest absolute Gasteiger partial charge is 0.339 e. The first kappa shape index (κ1) is 17.5. The number of amides is 1. The van der Waals surface area contributed by atoms with E-state index < -0.39 is 0 Å². The third-order valence-electron chi connectivity index (χ3n) is 5.02. The molecule has 1 aliphatic heterocycles. The minimum atomic E-state index is -0.0640. The number of thiophene rings is 2. The van der Waals surface area contributed by atoms with Crippen LogP contribution in [0, 0.1) is 0 Å². The van der Waals surface area contributed by atoms with Crippen LogP contribution in [-0.4, -0.2) is 19.0 Å². The molecule has 0 aliphatic carbocycles. The molecule has 3 nitrogen and oxygen atoms in total. The van der Waals surface area contributed by atoms with Gasteiger partial charge < -0.3 is 10.2 Å². The van der Waals surface area contributed by atoms with Gasteiger partial charge in [-0.3, -0.25) is 4.79 Å². The summed E-state index contributed by atoms with van der Waals surface area (Å²) in [6.07, 6.45) is 2.37. The van der Waals surface area contributed by atoms with Crippen LogP contribution in [0.2, 0.25) is 0 Å². The number of rotatable bonds is 6. The van der Waals surface area contributed by atoms with Crippen molar-refractivity contribution in [2.45, 2.75) is 24.9 Å². The Balaban J connectivity index is 1.47.